The Bertz CT molecular complexity index is 514. The predicted molar refractivity (Wildman–Crippen MR) is 62.1 cm³/mol. The van der Waals surface area contributed by atoms with E-state index in [2.05, 4.69) is 22.1 Å². The maximum atomic E-state index is 9.47. The Kier molecular flexibility index (Phi) is 2.02. The number of fused-ring (bicyclic) bond motifs is 1. The molecule has 4 heteroatoms. The van der Waals surface area contributed by atoms with Gasteiger partial charge in [0.2, 0.25) is 0 Å². The lowest BCUT2D eigenvalue weighted by atomic mass is 9.63. The van der Waals surface area contributed by atoms with Gasteiger partial charge in [0.25, 0.3) is 0 Å². The van der Waals surface area contributed by atoms with Crippen LogP contribution in [-0.4, -0.2) is 27.7 Å². The van der Waals surface area contributed by atoms with Crippen LogP contribution in [0, 0.1) is 0 Å². The fraction of sp³-hybridized carbons (Fsp3) is 0.417. The second-order valence-corrected chi connectivity index (χ2v) is 4.68. The van der Waals surface area contributed by atoms with E-state index in [9.17, 15) is 5.11 Å². The molecule has 0 amide bonds. The molecule has 0 unspecified atom stereocenters. The number of nitrogens with one attached hydrogen (secondary N) is 1. The summed E-state index contributed by atoms with van der Waals surface area (Å²) in [4.78, 5) is 7.29. The van der Waals surface area contributed by atoms with Gasteiger partial charge in [0, 0.05) is 12.0 Å². The van der Waals surface area contributed by atoms with Crippen LogP contribution in [0.5, 0.6) is 0 Å². The van der Waals surface area contributed by atoms with Gasteiger partial charge in [-0.05, 0) is 30.5 Å². The van der Waals surface area contributed by atoms with Gasteiger partial charge in [-0.2, -0.15) is 0 Å². The van der Waals surface area contributed by atoms with Gasteiger partial charge in [0.15, 0.2) is 0 Å². The predicted octanol–water partition coefficient (Wildman–Crippen LogP) is 0.914. The number of aromatic nitrogens is 2. The van der Waals surface area contributed by atoms with E-state index in [1.807, 2.05) is 6.07 Å². The molecule has 0 aliphatic heterocycles. The van der Waals surface area contributed by atoms with Crippen molar-refractivity contribution >= 4 is 11.0 Å². The number of nitrogens with zero attached hydrogens (tertiary/aromatic N) is 1. The van der Waals surface area contributed by atoms with Crippen LogP contribution in [0.4, 0.5) is 0 Å². The molecule has 1 fully saturated rings. The standard InChI is InChI=1S/C12H15N3O/c13-6-12(4-9(16)5-12)8-1-2-10-11(3-8)15-7-14-10/h1-3,7,9,16H,4-6,13H2,(H,14,15). The molecule has 1 aromatic carbocycles. The Labute approximate surface area is 93.5 Å². The molecule has 16 heavy (non-hydrogen) atoms. The molecule has 1 heterocycles. The third kappa shape index (κ3) is 1.27. The smallest absolute Gasteiger partial charge is 0.0931 e. The first-order valence-electron chi connectivity index (χ1n) is 5.55. The van der Waals surface area contributed by atoms with E-state index < -0.39 is 0 Å². The molecule has 1 aliphatic rings. The lowest BCUT2D eigenvalue weighted by Crippen LogP contribution is -2.49. The zero-order valence-corrected chi connectivity index (χ0v) is 8.98. The molecule has 4 nitrogen and oxygen atoms in total. The average Bonchev–Trinajstić information content (AvgIpc) is 2.71. The van der Waals surface area contributed by atoms with E-state index in [1.165, 1.54) is 5.56 Å². The van der Waals surface area contributed by atoms with Gasteiger partial charge in [0.1, 0.15) is 0 Å². The molecule has 84 valence electrons. The van der Waals surface area contributed by atoms with Crippen molar-refractivity contribution in [3.63, 3.8) is 0 Å². The molecule has 1 aromatic heterocycles. The van der Waals surface area contributed by atoms with Gasteiger partial charge in [-0.1, -0.05) is 6.07 Å². The zero-order valence-electron chi connectivity index (χ0n) is 8.98. The number of aromatic amines is 1. The lowest BCUT2D eigenvalue weighted by Gasteiger charge is -2.45. The fourth-order valence-electron chi connectivity index (χ4n) is 2.63. The van der Waals surface area contributed by atoms with Crippen molar-refractivity contribution in [3.8, 4) is 0 Å². The Hall–Kier alpha value is -1.39. The molecule has 0 saturated heterocycles. The summed E-state index contributed by atoms with van der Waals surface area (Å²) in [6.07, 6.45) is 3.03. The van der Waals surface area contributed by atoms with E-state index in [-0.39, 0.29) is 11.5 Å². The summed E-state index contributed by atoms with van der Waals surface area (Å²) in [6.45, 7) is 0.587. The average molecular weight is 217 g/mol. The third-order valence-electron chi connectivity index (χ3n) is 3.68. The van der Waals surface area contributed by atoms with Crippen LogP contribution in [0.1, 0.15) is 18.4 Å². The first-order valence-corrected chi connectivity index (χ1v) is 5.55. The van der Waals surface area contributed by atoms with E-state index in [1.54, 1.807) is 6.33 Å². The van der Waals surface area contributed by atoms with Crippen LogP contribution in [0.15, 0.2) is 24.5 Å². The normalized spacial score (nSPS) is 29.2. The third-order valence-corrected chi connectivity index (χ3v) is 3.68. The topological polar surface area (TPSA) is 74.9 Å². The summed E-state index contributed by atoms with van der Waals surface area (Å²) in [5, 5.41) is 9.47. The highest BCUT2D eigenvalue weighted by Gasteiger charge is 2.43. The van der Waals surface area contributed by atoms with Crippen molar-refractivity contribution in [2.75, 3.05) is 6.54 Å². The Morgan fingerprint density at radius 2 is 2.31 bits per heavy atom. The molecule has 2 aromatic rings. The Morgan fingerprint density at radius 1 is 1.50 bits per heavy atom. The van der Waals surface area contributed by atoms with E-state index >= 15 is 0 Å². The van der Waals surface area contributed by atoms with E-state index in [0.29, 0.717) is 6.54 Å². The number of benzene rings is 1. The summed E-state index contributed by atoms with van der Waals surface area (Å²) in [7, 11) is 0. The van der Waals surface area contributed by atoms with Gasteiger partial charge in [0.05, 0.1) is 23.5 Å². The Balaban J connectivity index is 2.04. The summed E-state index contributed by atoms with van der Waals surface area (Å²) in [5.41, 5.74) is 9.02. The van der Waals surface area contributed by atoms with Crippen LogP contribution in [0.2, 0.25) is 0 Å². The Morgan fingerprint density at radius 3 is 3.00 bits per heavy atom. The van der Waals surface area contributed by atoms with Gasteiger partial charge in [-0.25, -0.2) is 4.98 Å². The SMILES string of the molecule is NCC1(c2ccc3nc[nH]c3c2)CC(O)C1. The number of aliphatic hydroxyl groups is 1. The molecule has 1 saturated carbocycles. The molecule has 1 aliphatic carbocycles. The number of rotatable bonds is 2. The number of aliphatic hydroxyl groups excluding tert-OH is 1. The molecule has 0 bridgehead atoms. The van der Waals surface area contributed by atoms with Crippen molar-refractivity contribution < 1.29 is 5.11 Å². The minimum Gasteiger partial charge on any atom is -0.393 e. The zero-order chi connectivity index (χ0) is 11.2. The molecule has 0 spiro atoms. The summed E-state index contributed by atoms with van der Waals surface area (Å²) < 4.78 is 0. The minimum atomic E-state index is -0.194. The second kappa shape index (κ2) is 3.30. The van der Waals surface area contributed by atoms with Crippen molar-refractivity contribution in [2.45, 2.75) is 24.4 Å². The van der Waals surface area contributed by atoms with Crippen LogP contribution >= 0.6 is 0 Å². The number of imidazole rings is 1. The van der Waals surface area contributed by atoms with Gasteiger partial charge >= 0.3 is 0 Å². The number of hydrogen-bond donors (Lipinski definition) is 3. The monoisotopic (exact) mass is 217 g/mol. The largest absolute Gasteiger partial charge is 0.393 e. The highest BCUT2D eigenvalue weighted by Crippen LogP contribution is 2.43. The summed E-state index contributed by atoms with van der Waals surface area (Å²) >= 11 is 0. The first kappa shape index (κ1) is 9.81. The van der Waals surface area contributed by atoms with Crippen molar-refractivity contribution in [1.29, 1.82) is 0 Å². The van der Waals surface area contributed by atoms with Crippen LogP contribution in [0.25, 0.3) is 11.0 Å². The van der Waals surface area contributed by atoms with Gasteiger partial charge in [-0.15, -0.1) is 0 Å². The van der Waals surface area contributed by atoms with Gasteiger partial charge in [-0.3, -0.25) is 0 Å². The number of nitrogens with two attached hydrogens (primary N) is 1. The molecule has 3 rings (SSSR count). The molecule has 4 N–H and O–H groups in total. The number of H-pyrrole nitrogens is 1. The van der Waals surface area contributed by atoms with Crippen molar-refractivity contribution in [1.82, 2.24) is 9.97 Å². The summed E-state index contributed by atoms with van der Waals surface area (Å²) in [5.74, 6) is 0. The van der Waals surface area contributed by atoms with Crippen molar-refractivity contribution in [2.24, 2.45) is 5.73 Å². The maximum absolute atomic E-state index is 9.47. The highest BCUT2D eigenvalue weighted by atomic mass is 16.3. The molecular weight excluding hydrogens is 202 g/mol. The maximum Gasteiger partial charge on any atom is 0.0931 e. The van der Waals surface area contributed by atoms with Gasteiger partial charge < -0.3 is 15.8 Å². The van der Waals surface area contributed by atoms with Crippen LogP contribution in [0.3, 0.4) is 0 Å². The number of hydrogen-bond acceptors (Lipinski definition) is 3. The lowest BCUT2D eigenvalue weighted by molar-refractivity contribution is 0.0222. The molecule has 0 atom stereocenters. The van der Waals surface area contributed by atoms with Crippen molar-refractivity contribution in [3.05, 3.63) is 30.1 Å². The summed E-state index contributed by atoms with van der Waals surface area (Å²) in [6, 6.07) is 6.17. The second-order valence-electron chi connectivity index (χ2n) is 4.68. The van der Waals surface area contributed by atoms with E-state index in [0.717, 1.165) is 23.9 Å². The molecular formula is C12H15N3O. The van der Waals surface area contributed by atoms with E-state index in [4.69, 9.17) is 5.73 Å². The quantitative estimate of drug-likeness (QED) is 0.700. The highest BCUT2D eigenvalue weighted by molar-refractivity contribution is 5.75. The fourth-order valence-corrected chi connectivity index (χ4v) is 2.63. The van der Waals surface area contributed by atoms with Crippen LogP contribution in [-0.2, 0) is 5.41 Å². The van der Waals surface area contributed by atoms with Crippen LogP contribution < -0.4 is 5.73 Å². The molecule has 0 radical (unpaired) electrons. The minimum absolute atomic E-state index is 0.0291. The first-order chi connectivity index (χ1) is 7.73.